The minimum atomic E-state index is -0.748. The maximum atomic E-state index is 12.7. The number of carbonyl (C=O) groups is 2. The molecule has 28 heavy (non-hydrogen) atoms. The Morgan fingerprint density at radius 1 is 0.893 bits per heavy atom. The zero-order valence-electron chi connectivity index (χ0n) is 15.4. The Hall–Kier alpha value is -2.67. The van der Waals surface area contributed by atoms with Crippen molar-refractivity contribution >= 4 is 34.5 Å². The van der Waals surface area contributed by atoms with Gasteiger partial charge in [0.25, 0.3) is 5.91 Å². The molecular formula is C23H20INO3. The van der Waals surface area contributed by atoms with E-state index < -0.39 is 12.0 Å². The second-order valence-corrected chi connectivity index (χ2v) is 7.45. The summed E-state index contributed by atoms with van der Waals surface area (Å²) in [4.78, 5) is 24.9. The van der Waals surface area contributed by atoms with Crippen LogP contribution in [-0.2, 0) is 16.0 Å². The van der Waals surface area contributed by atoms with Crippen LogP contribution in [0.3, 0.4) is 0 Å². The number of nitrogens with one attached hydrogen (secondary N) is 1. The second-order valence-electron chi connectivity index (χ2n) is 6.29. The van der Waals surface area contributed by atoms with Crippen molar-refractivity contribution in [3.63, 3.8) is 0 Å². The summed E-state index contributed by atoms with van der Waals surface area (Å²) in [7, 11) is 1.33. The maximum Gasteiger partial charge on any atom is 0.328 e. The van der Waals surface area contributed by atoms with E-state index in [0.717, 1.165) is 20.3 Å². The number of esters is 1. The standard InChI is InChI=1S/C23H20INO3/c1-28-23(27)21(15-19-9-5-6-10-20(19)24)25-22(26)18-13-11-17(12-14-18)16-7-3-2-4-8-16/h2-14,21H,15H2,1H3,(H,25,26)/t21-/m0/s1. The lowest BCUT2D eigenvalue weighted by atomic mass is 10.0. The van der Waals surface area contributed by atoms with Crippen molar-refractivity contribution in [3.05, 3.63) is 93.6 Å². The summed E-state index contributed by atoms with van der Waals surface area (Å²) in [5, 5.41) is 2.80. The first-order valence-corrected chi connectivity index (χ1v) is 9.94. The van der Waals surface area contributed by atoms with E-state index in [2.05, 4.69) is 27.9 Å². The molecule has 0 aliphatic carbocycles. The van der Waals surface area contributed by atoms with Gasteiger partial charge in [-0.25, -0.2) is 4.79 Å². The molecule has 0 radical (unpaired) electrons. The molecule has 3 rings (SSSR count). The molecule has 4 nitrogen and oxygen atoms in total. The van der Waals surface area contributed by atoms with E-state index in [0.29, 0.717) is 12.0 Å². The van der Waals surface area contributed by atoms with Crippen molar-refractivity contribution in [2.24, 2.45) is 0 Å². The predicted molar refractivity (Wildman–Crippen MR) is 118 cm³/mol. The quantitative estimate of drug-likeness (QED) is 0.414. The van der Waals surface area contributed by atoms with Gasteiger partial charge in [0.15, 0.2) is 0 Å². The van der Waals surface area contributed by atoms with Gasteiger partial charge >= 0.3 is 5.97 Å². The molecule has 3 aromatic carbocycles. The lowest BCUT2D eigenvalue weighted by Gasteiger charge is -2.17. The number of carbonyl (C=O) groups excluding carboxylic acids is 2. The summed E-state index contributed by atoms with van der Waals surface area (Å²) in [6.07, 6.45) is 0.375. The average Bonchev–Trinajstić information content (AvgIpc) is 2.75. The van der Waals surface area contributed by atoms with E-state index in [1.807, 2.05) is 66.7 Å². The van der Waals surface area contributed by atoms with Gasteiger partial charge in [-0.3, -0.25) is 4.79 Å². The fourth-order valence-electron chi connectivity index (χ4n) is 2.91. The number of rotatable bonds is 6. The Bertz CT molecular complexity index is 955. The number of hydrogen-bond acceptors (Lipinski definition) is 3. The highest BCUT2D eigenvalue weighted by molar-refractivity contribution is 14.1. The summed E-state index contributed by atoms with van der Waals surface area (Å²) in [5.74, 6) is -0.769. The summed E-state index contributed by atoms with van der Waals surface area (Å²) in [6.45, 7) is 0. The highest BCUT2D eigenvalue weighted by Crippen LogP contribution is 2.19. The van der Waals surface area contributed by atoms with Crippen LogP contribution >= 0.6 is 22.6 Å². The molecule has 0 aliphatic heterocycles. The molecular weight excluding hydrogens is 465 g/mol. The van der Waals surface area contributed by atoms with Crippen LogP contribution in [0, 0.1) is 3.57 Å². The first-order valence-electron chi connectivity index (χ1n) is 8.86. The van der Waals surface area contributed by atoms with E-state index in [1.165, 1.54) is 7.11 Å². The van der Waals surface area contributed by atoms with E-state index in [1.54, 1.807) is 12.1 Å². The highest BCUT2D eigenvalue weighted by Gasteiger charge is 2.23. The molecule has 142 valence electrons. The Morgan fingerprint density at radius 3 is 2.14 bits per heavy atom. The van der Waals surface area contributed by atoms with Crippen molar-refractivity contribution in [3.8, 4) is 11.1 Å². The molecule has 0 aliphatic rings. The van der Waals surface area contributed by atoms with Crippen LogP contribution in [0.2, 0.25) is 0 Å². The molecule has 1 atom stereocenters. The Labute approximate surface area is 178 Å². The summed E-state index contributed by atoms with van der Waals surface area (Å²) in [6, 6.07) is 24.3. The molecule has 0 fully saturated rings. The SMILES string of the molecule is COC(=O)[C@H](Cc1ccccc1I)NC(=O)c1ccc(-c2ccccc2)cc1. The zero-order chi connectivity index (χ0) is 19.9. The maximum absolute atomic E-state index is 12.7. The van der Waals surface area contributed by atoms with Gasteiger partial charge in [0, 0.05) is 15.6 Å². The molecule has 0 bridgehead atoms. The lowest BCUT2D eigenvalue weighted by molar-refractivity contribution is -0.142. The Morgan fingerprint density at radius 2 is 1.50 bits per heavy atom. The number of amides is 1. The number of benzene rings is 3. The molecule has 0 spiro atoms. The fourth-order valence-corrected chi connectivity index (χ4v) is 3.51. The molecule has 0 heterocycles. The van der Waals surface area contributed by atoms with E-state index in [-0.39, 0.29) is 5.91 Å². The average molecular weight is 485 g/mol. The van der Waals surface area contributed by atoms with Gasteiger partial charge in [0.1, 0.15) is 6.04 Å². The molecule has 0 unspecified atom stereocenters. The van der Waals surface area contributed by atoms with E-state index in [9.17, 15) is 9.59 Å². The van der Waals surface area contributed by atoms with Gasteiger partial charge in [-0.2, -0.15) is 0 Å². The van der Waals surface area contributed by atoms with Gasteiger partial charge in [0.05, 0.1) is 7.11 Å². The minimum absolute atomic E-state index is 0.305. The highest BCUT2D eigenvalue weighted by atomic mass is 127. The number of halogens is 1. The third-order valence-electron chi connectivity index (χ3n) is 4.43. The number of ether oxygens (including phenoxy) is 1. The van der Waals surface area contributed by atoms with E-state index in [4.69, 9.17) is 4.74 Å². The van der Waals surface area contributed by atoms with Gasteiger partial charge < -0.3 is 10.1 Å². The molecule has 0 saturated carbocycles. The van der Waals surface area contributed by atoms with Gasteiger partial charge in [-0.05, 0) is 57.5 Å². The molecule has 5 heteroatoms. The molecule has 3 aromatic rings. The van der Waals surface area contributed by atoms with Crippen LogP contribution in [0.4, 0.5) is 0 Å². The van der Waals surface area contributed by atoms with Crippen LogP contribution in [0.5, 0.6) is 0 Å². The predicted octanol–water partition coefficient (Wildman–Crippen LogP) is 4.47. The zero-order valence-corrected chi connectivity index (χ0v) is 17.6. The number of methoxy groups -OCH3 is 1. The van der Waals surface area contributed by atoms with Crippen molar-refractivity contribution < 1.29 is 14.3 Å². The van der Waals surface area contributed by atoms with Gasteiger partial charge in [-0.15, -0.1) is 0 Å². The van der Waals surface area contributed by atoms with Gasteiger partial charge in [-0.1, -0.05) is 60.7 Å². The minimum Gasteiger partial charge on any atom is -0.467 e. The summed E-state index contributed by atoms with van der Waals surface area (Å²) >= 11 is 2.22. The largest absolute Gasteiger partial charge is 0.467 e. The third kappa shape index (κ3) is 4.98. The fraction of sp³-hybridized carbons (Fsp3) is 0.130. The van der Waals surface area contributed by atoms with Crippen LogP contribution in [0.25, 0.3) is 11.1 Å². The van der Waals surface area contributed by atoms with Crippen molar-refractivity contribution in [2.45, 2.75) is 12.5 Å². The van der Waals surface area contributed by atoms with Crippen molar-refractivity contribution in [1.82, 2.24) is 5.32 Å². The van der Waals surface area contributed by atoms with Crippen molar-refractivity contribution in [2.75, 3.05) is 7.11 Å². The van der Waals surface area contributed by atoms with Crippen LogP contribution in [-0.4, -0.2) is 25.0 Å². The second kappa shape index (κ2) is 9.50. The monoisotopic (exact) mass is 485 g/mol. The topological polar surface area (TPSA) is 55.4 Å². The molecule has 1 N–H and O–H groups in total. The molecule has 0 aromatic heterocycles. The van der Waals surface area contributed by atoms with Crippen molar-refractivity contribution in [1.29, 1.82) is 0 Å². The Kier molecular flexibility index (Phi) is 6.81. The van der Waals surface area contributed by atoms with Gasteiger partial charge in [0.2, 0.25) is 0 Å². The smallest absolute Gasteiger partial charge is 0.328 e. The van der Waals surface area contributed by atoms with Crippen LogP contribution in [0.15, 0.2) is 78.9 Å². The normalized spacial score (nSPS) is 11.5. The first kappa shape index (κ1) is 20.1. The number of hydrogen-bond donors (Lipinski definition) is 1. The Balaban J connectivity index is 1.74. The molecule has 0 saturated heterocycles. The molecule has 1 amide bonds. The van der Waals surface area contributed by atoms with Crippen LogP contribution < -0.4 is 5.32 Å². The lowest BCUT2D eigenvalue weighted by Crippen LogP contribution is -2.43. The first-order chi connectivity index (χ1) is 13.6. The third-order valence-corrected chi connectivity index (χ3v) is 5.48. The summed E-state index contributed by atoms with van der Waals surface area (Å²) < 4.78 is 5.92. The van der Waals surface area contributed by atoms with Crippen LogP contribution in [0.1, 0.15) is 15.9 Å². The summed E-state index contributed by atoms with van der Waals surface area (Å²) in [5.41, 5.74) is 3.59. The van der Waals surface area contributed by atoms with E-state index >= 15 is 0 Å².